The lowest BCUT2D eigenvalue weighted by Crippen LogP contribution is -2.23. The first-order chi connectivity index (χ1) is 8.72. The van der Waals surface area contributed by atoms with E-state index >= 15 is 0 Å². The van der Waals surface area contributed by atoms with Crippen LogP contribution in [0.4, 0.5) is 11.4 Å². The molecule has 2 aromatic carbocycles. The van der Waals surface area contributed by atoms with E-state index in [1.807, 2.05) is 18.2 Å². The molecular weight excluding hydrogens is 220 g/mol. The normalized spacial score (nSPS) is 12.1. The molecule has 0 aliphatic carbocycles. The van der Waals surface area contributed by atoms with E-state index in [1.54, 1.807) is 0 Å². The van der Waals surface area contributed by atoms with E-state index in [-0.39, 0.29) is 0 Å². The van der Waals surface area contributed by atoms with E-state index in [0.29, 0.717) is 6.04 Å². The average Bonchev–Trinajstić information content (AvgIpc) is 2.42. The zero-order chi connectivity index (χ0) is 13.0. The molecule has 0 fully saturated rings. The fourth-order valence-corrected chi connectivity index (χ4v) is 2.29. The van der Waals surface area contributed by atoms with Crippen molar-refractivity contribution < 1.29 is 0 Å². The highest BCUT2D eigenvalue weighted by Gasteiger charge is 2.15. The summed E-state index contributed by atoms with van der Waals surface area (Å²) in [5, 5.41) is 0. The second kappa shape index (κ2) is 5.58. The molecule has 2 N–H and O–H groups in total. The van der Waals surface area contributed by atoms with E-state index in [4.69, 9.17) is 5.73 Å². The molecule has 0 saturated heterocycles. The number of benzene rings is 2. The third-order valence-corrected chi connectivity index (χ3v) is 3.34. The fraction of sp³-hybridized carbons (Fsp3) is 0.250. The third kappa shape index (κ3) is 2.65. The van der Waals surface area contributed by atoms with Gasteiger partial charge in [0.1, 0.15) is 0 Å². The standard InChI is InChI=1S/C16H20N2/c1-3-16(13-9-11-14(17)12-10-13)18(2)15-7-5-4-6-8-15/h4-12,16H,3,17H2,1-2H3. The number of nitrogen functional groups attached to an aromatic ring is 1. The van der Waals surface area contributed by atoms with Crippen LogP contribution in [0.1, 0.15) is 24.9 Å². The molecule has 0 bridgehead atoms. The van der Waals surface area contributed by atoms with E-state index < -0.39 is 0 Å². The van der Waals surface area contributed by atoms with Gasteiger partial charge in [0, 0.05) is 18.4 Å². The molecule has 0 spiro atoms. The highest BCUT2D eigenvalue weighted by atomic mass is 15.1. The van der Waals surface area contributed by atoms with Gasteiger partial charge >= 0.3 is 0 Å². The van der Waals surface area contributed by atoms with Crippen molar-refractivity contribution in [2.75, 3.05) is 17.7 Å². The molecule has 2 rings (SSSR count). The second-order valence-electron chi connectivity index (χ2n) is 4.54. The molecule has 2 nitrogen and oxygen atoms in total. The van der Waals surface area contributed by atoms with Crippen LogP contribution in [0.3, 0.4) is 0 Å². The number of nitrogens with two attached hydrogens (primary N) is 1. The molecule has 0 radical (unpaired) electrons. The summed E-state index contributed by atoms with van der Waals surface area (Å²) in [7, 11) is 2.14. The van der Waals surface area contributed by atoms with Crippen LogP contribution in [0.15, 0.2) is 54.6 Å². The molecule has 2 heteroatoms. The molecule has 1 unspecified atom stereocenters. The van der Waals surface area contributed by atoms with Crippen LogP contribution in [0, 0.1) is 0 Å². The van der Waals surface area contributed by atoms with E-state index in [1.165, 1.54) is 11.3 Å². The highest BCUT2D eigenvalue weighted by Crippen LogP contribution is 2.28. The number of anilines is 2. The molecule has 0 amide bonds. The summed E-state index contributed by atoms with van der Waals surface area (Å²) in [6.07, 6.45) is 1.06. The van der Waals surface area contributed by atoms with Gasteiger partial charge < -0.3 is 10.6 Å². The minimum atomic E-state index is 0.382. The first-order valence-electron chi connectivity index (χ1n) is 6.35. The van der Waals surface area contributed by atoms with Crippen molar-refractivity contribution in [2.24, 2.45) is 0 Å². The van der Waals surface area contributed by atoms with Crippen LogP contribution in [0.5, 0.6) is 0 Å². The molecule has 18 heavy (non-hydrogen) atoms. The smallest absolute Gasteiger partial charge is 0.0536 e. The van der Waals surface area contributed by atoms with Gasteiger partial charge in [0.15, 0.2) is 0 Å². The lowest BCUT2D eigenvalue weighted by Gasteiger charge is -2.29. The van der Waals surface area contributed by atoms with Gasteiger partial charge in [0.2, 0.25) is 0 Å². The lowest BCUT2D eigenvalue weighted by molar-refractivity contribution is 0.648. The Labute approximate surface area is 109 Å². The Bertz CT molecular complexity index is 476. The Hall–Kier alpha value is -1.96. The second-order valence-corrected chi connectivity index (χ2v) is 4.54. The molecule has 0 aromatic heterocycles. The molecule has 0 aliphatic heterocycles. The Morgan fingerprint density at radius 3 is 2.17 bits per heavy atom. The maximum Gasteiger partial charge on any atom is 0.0536 e. The van der Waals surface area contributed by atoms with Gasteiger partial charge in [-0.3, -0.25) is 0 Å². The number of hydrogen-bond donors (Lipinski definition) is 1. The largest absolute Gasteiger partial charge is 0.399 e. The summed E-state index contributed by atoms with van der Waals surface area (Å²) in [6.45, 7) is 2.21. The fourth-order valence-electron chi connectivity index (χ4n) is 2.29. The van der Waals surface area contributed by atoms with Crippen molar-refractivity contribution in [3.05, 3.63) is 60.2 Å². The van der Waals surface area contributed by atoms with E-state index in [0.717, 1.165) is 12.1 Å². The van der Waals surface area contributed by atoms with E-state index in [2.05, 4.69) is 55.3 Å². The van der Waals surface area contributed by atoms with Gasteiger partial charge in [0.25, 0.3) is 0 Å². The Balaban J connectivity index is 2.26. The van der Waals surface area contributed by atoms with Gasteiger partial charge in [0.05, 0.1) is 6.04 Å². The summed E-state index contributed by atoms with van der Waals surface area (Å²) in [6, 6.07) is 19.0. The summed E-state index contributed by atoms with van der Waals surface area (Å²) in [5.41, 5.74) is 9.10. The minimum Gasteiger partial charge on any atom is -0.399 e. The summed E-state index contributed by atoms with van der Waals surface area (Å²) in [4.78, 5) is 2.31. The third-order valence-electron chi connectivity index (χ3n) is 3.34. The molecule has 1 atom stereocenters. The van der Waals surface area contributed by atoms with Crippen LogP contribution in [0.2, 0.25) is 0 Å². The first-order valence-corrected chi connectivity index (χ1v) is 6.35. The number of hydrogen-bond acceptors (Lipinski definition) is 2. The molecule has 2 aromatic rings. The quantitative estimate of drug-likeness (QED) is 0.822. The number of para-hydroxylation sites is 1. The van der Waals surface area contributed by atoms with Crippen LogP contribution in [0.25, 0.3) is 0 Å². The van der Waals surface area contributed by atoms with Crippen LogP contribution in [-0.2, 0) is 0 Å². The highest BCUT2D eigenvalue weighted by molar-refractivity contribution is 5.49. The Kier molecular flexibility index (Phi) is 3.88. The maximum absolute atomic E-state index is 5.74. The summed E-state index contributed by atoms with van der Waals surface area (Å²) >= 11 is 0. The average molecular weight is 240 g/mol. The van der Waals surface area contributed by atoms with Gasteiger partial charge in [-0.2, -0.15) is 0 Å². The molecule has 0 aliphatic rings. The van der Waals surface area contributed by atoms with Crippen molar-refractivity contribution in [1.82, 2.24) is 0 Å². The zero-order valence-corrected chi connectivity index (χ0v) is 11.0. The first kappa shape index (κ1) is 12.5. The van der Waals surface area contributed by atoms with Crippen LogP contribution >= 0.6 is 0 Å². The topological polar surface area (TPSA) is 29.3 Å². The van der Waals surface area contributed by atoms with Gasteiger partial charge in [-0.05, 0) is 36.2 Å². The van der Waals surface area contributed by atoms with E-state index in [9.17, 15) is 0 Å². The van der Waals surface area contributed by atoms with Gasteiger partial charge in [-0.25, -0.2) is 0 Å². The zero-order valence-electron chi connectivity index (χ0n) is 11.0. The lowest BCUT2D eigenvalue weighted by atomic mass is 10.0. The SMILES string of the molecule is CCC(c1ccc(N)cc1)N(C)c1ccccc1. The van der Waals surface area contributed by atoms with Gasteiger partial charge in [-0.1, -0.05) is 37.3 Å². The van der Waals surface area contributed by atoms with Crippen molar-refractivity contribution in [2.45, 2.75) is 19.4 Å². The Morgan fingerprint density at radius 2 is 1.61 bits per heavy atom. The number of rotatable bonds is 4. The van der Waals surface area contributed by atoms with Crippen molar-refractivity contribution >= 4 is 11.4 Å². The van der Waals surface area contributed by atoms with Crippen molar-refractivity contribution in [3.63, 3.8) is 0 Å². The number of nitrogens with zero attached hydrogens (tertiary/aromatic N) is 1. The van der Waals surface area contributed by atoms with Crippen molar-refractivity contribution in [1.29, 1.82) is 0 Å². The monoisotopic (exact) mass is 240 g/mol. The predicted octanol–water partition coefficient (Wildman–Crippen LogP) is 3.86. The van der Waals surface area contributed by atoms with Gasteiger partial charge in [-0.15, -0.1) is 0 Å². The maximum atomic E-state index is 5.74. The molecule has 0 saturated carbocycles. The van der Waals surface area contributed by atoms with Crippen LogP contribution in [-0.4, -0.2) is 7.05 Å². The Morgan fingerprint density at radius 1 is 1.00 bits per heavy atom. The summed E-state index contributed by atoms with van der Waals surface area (Å²) in [5.74, 6) is 0. The van der Waals surface area contributed by atoms with Crippen molar-refractivity contribution in [3.8, 4) is 0 Å². The minimum absolute atomic E-state index is 0.382. The molecule has 0 heterocycles. The summed E-state index contributed by atoms with van der Waals surface area (Å²) < 4.78 is 0. The predicted molar refractivity (Wildman–Crippen MR) is 78.7 cm³/mol. The molecule has 94 valence electrons. The molecular formula is C16H20N2. The van der Waals surface area contributed by atoms with Crippen LogP contribution < -0.4 is 10.6 Å².